The molecule has 1 heterocycles. The molecule has 1 atom stereocenters. The van der Waals surface area contributed by atoms with Gasteiger partial charge in [0.15, 0.2) is 0 Å². The summed E-state index contributed by atoms with van der Waals surface area (Å²) in [7, 11) is 0. The molecule has 0 saturated carbocycles. The smallest absolute Gasteiger partial charge is 0.328 e. The van der Waals surface area contributed by atoms with Crippen molar-refractivity contribution in [3.63, 3.8) is 0 Å². The SMILES string of the molecule is O=C1CN(C(=O)Cc2c(F)cccc2F)C(C(=O)O)CN1. The van der Waals surface area contributed by atoms with E-state index in [9.17, 15) is 23.2 Å². The number of carbonyl (C=O) groups excluding carboxylic acids is 2. The molecule has 2 amide bonds. The predicted molar refractivity (Wildman–Crippen MR) is 66.2 cm³/mol. The highest BCUT2D eigenvalue weighted by Gasteiger charge is 2.35. The van der Waals surface area contributed by atoms with Crippen LogP contribution in [-0.4, -0.2) is 46.9 Å². The summed E-state index contributed by atoms with van der Waals surface area (Å²) in [6, 6.07) is 1.92. The molecule has 0 aromatic heterocycles. The van der Waals surface area contributed by atoms with E-state index in [0.717, 1.165) is 23.1 Å². The Morgan fingerprint density at radius 2 is 1.95 bits per heavy atom. The predicted octanol–water partition coefficient (Wildman–Crippen LogP) is -0.0811. The molecule has 0 spiro atoms. The molecule has 1 saturated heterocycles. The number of halogens is 2. The number of hydrogen-bond acceptors (Lipinski definition) is 3. The summed E-state index contributed by atoms with van der Waals surface area (Å²) < 4.78 is 27.0. The van der Waals surface area contributed by atoms with Gasteiger partial charge in [0, 0.05) is 12.1 Å². The maximum absolute atomic E-state index is 13.5. The molecule has 0 bridgehead atoms. The zero-order chi connectivity index (χ0) is 15.6. The molecule has 2 rings (SSSR count). The third-order valence-corrected chi connectivity index (χ3v) is 3.18. The zero-order valence-electron chi connectivity index (χ0n) is 10.8. The number of rotatable bonds is 3. The van der Waals surface area contributed by atoms with Crippen molar-refractivity contribution in [2.75, 3.05) is 13.1 Å². The fourth-order valence-corrected chi connectivity index (χ4v) is 2.08. The van der Waals surface area contributed by atoms with Crippen molar-refractivity contribution in [3.05, 3.63) is 35.4 Å². The minimum absolute atomic E-state index is 0.236. The lowest BCUT2D eigenvalue weighted by Crippen LogP contribution is -2.59. The number of amides is 2. The van der Waals surface area contributed by atoms with Crippen LogP contribution in [0.4, 0.5) is 8.78 Å². The Kier molecular flexibility index (Phi) is 4.15. The molecule has 1 aliphatic rings. The highest BCUT2D eigenvalue weighted by atomic mass is 19.1. The van der Waals surface area contributed by atoms with Crippen LogP contribution in [0.3, 0.4) is 0 Å². The van der Waals surface area contributed by atoms with Gasteiger partial charge in [-0.2, -0.15) is 0 Å². The molecule has 0 aliphatic carbocycles. The van der Waals surface area contributed by atoms with Gasteiger partial charge in [-0.1, -0.05) is 6.07 Å². The second-order valence-corrected chi connectivity index (χ2v) is 4.56. The van der Waals surface area contributed by atoms with Gasteiger partial charge in [-0.15, -0.1) is 0 Å². The molecule has 8 heteroatoms. The minimum atomic E-state index is -1.29. The fraction of sp³-hybridized carbons (Fsp3) is 0.308. The lowest BCUT2D eigenvalue weighted by atomic mass is 10.1. The van der Waals surface area contributed by atoms with E-state index in [-0.39, 0.29) is 6.54 Å². The van der Waals surface area contributed by atoms with Crippen molar-refractivity contribution in [3.8, 4) is 0 Å². The Hall–Kier alpha value is -2.51. The van der Waals surface area contributed by atoms with Crippen LogP contribution in [0.1, 0.15) is 5.56 Å². The van der Waals surface area contributed by atoms with Gasteiger partial charge in [-0.25, -0.2) is 13.6 Å². The molecule has 0 radical (unpaired) electrons. The van der Waals surface area contributed by atoms with Crippen LogP contribution >= 0.6 is 0 Å². The second-order valence-electron chi connectivity index (χ2n) is 4.56. The van der Waals surface area contributed by atoms with Crippen molar-refractivity contribution < 1.29 is 28.3 Å². The first kappa shape index (κ1) is 14.9. The van der Waals surface area contributed by atoms with Crippen LogP contribution in [0.2, 0.25) is 0 Å². The van der Waals surface area contributed by atoms with Gasteiger partial charge in [0.1, 0.15) is 24.2 Å². The quantitative estimate of drug-likeness (QED) is 0.817. The van der Waals surface area contributed by atoms with Crippen molar-refractivity contribution >= 4 is 17.8 Å². The zero-order valence-corrected chi connectivity index (χ0v) is 10.8. The van der Waals surface area contributed by atoms with Crippen molar-refractivity contribution in [1.82, 2.24) is 10.2 Å². The molecule has 2 N–H and O–H groups in total. The molecule has 1 fully saturated rings. The highest BCUT2D eigenvalue weighted by molar-refractivity contribution is 5.91. The topological polar surface area (TPSA) is 86.7 Å². The number of nitrogens with zero attached hydrogens (tertiary/aromatic N) is 1. The van der Waals surface area contributed by atoms with Crippen molar-refractivity contribution in [1.29, 1.82) is 0 Å². The molecule has 6 nitrogen and oxygen atoms in total. The Morgan fingerprint density at radius 1 is 1.33 bits per heavy atom. The van der Waals surface area contributed by atoms with E-state index in [1.165, 1.54) is 0 Å². The molecule has 1 unspecified atom stereocenters. The van der Waals surface area contributed by atoms with Gasteiger partial charge < -0.3 is 15.3 Å². The van der Waals surface area contributed by atoms with Crippen LogP contribution in [-0.2, 0) is 20.8 Å². The van der Waals surface area contributed by atoms with Gasteiger partial charge in [-0.3, -0.25) is 9.59 Å². The average Bonchev–Trinajstić information content (AvgIpc) is 2.42. The molecule has 112 valence electrons. The molecule has 1 aromatic carbocycles. The average molecular weight is 298 g/mol. The van der Waals surface area contributed by atoms with Gasteiger partial charge in [0.2, 0.25) is 11.8 Å². The Morgan fingerprint density at radius 3 is 2.52 bits per heavy atom. The van der Waals surface area contributed by atoms with Crippen LogP contribution in [0.25, 0.3) is 0 Å². The first-order valence-electron chi connectivity index (χ1n) is 6.12. The third kappa shape index (κ3) is 3.15. The van der Waals surface area contributed by atoms with E-state index in [4.69, 9.17) is 5.11 Å². The summed E-state index contributed by atoms with van der Waals surface area (Å²) in [6.07, 6.45) is -0.643. The van der Waals surface area contributed by atoms with E-state index in [1.54, 1.807) is 0 Å². The standard InChI is InChI=1S/C13H12F2N2O4/c14-8-2-1-3-9(15)7(8)4-12(19)17-6-11(18)16-5-10(17)13(20)21/h1-3,10H,4-6H2,(H,16,18)(H,20,21). The number of aliphatic carboxylic acids is 1. The monoisotopic (exact) mass is 298 g/mol. The molecule has 1 aliphatic heterocycles. The molecule has 21 heavy (non-hydrogen) atoms. The van der Waals surface area contributed by atoms with E-state index in [2.05, 4.69) is 5.32 Å². The number of piperazine rings is 1. The largest absolute Gasteiger partial charge is 0.480 e. The number of carbonyl (C=O) groups is 3. The Balaban J connectivity index is 2.21. The lowest BCUT2D eigenvalue weighted by Gasteiger charge is -2.32. The van der Waals surface area contributed by atoms with Gasteiger partial charge >= 0.3 is 5.97 Å². The van der Waals surface area contributed by atoms with E-state index >= 15 is 0 Å². The van der Waals surface area contributed by atoms with E-state index in [0.29, 0.717) is 0 Å². The van der Waals surface area contributed by atoms with Crippen molar-refractivity contribution in [2.24, 2.45) is 0 Å². The second kappa shape index (κ2) is 5.86. The first-order valence-corrected chi connectivity index (χ1v) is 6.12. The van der Waals surface area contributed by atoms with Gasteiger partial charge in [0.05, 0.1) is 6.42 Å². The maximum Gasteiger partial charge on any atom is 0.328 e. The van der Waals surface area contributed by atoms with E-state index in [1.807, 2.05) is 0 Å². The summed E-state index contributed by atoms with van der Waals surface area (Å²) in [5, 5.41) is 11.3. The number of nitrogens with one attached hydrogen (secondary N) is 1. The lowest BCUT2D eigenvalue weighted by molar-refractivity contribution is -0.153. The van der Waals surface area contributed by atoms with Gasteiger partial charge in [-0.05, 0) is 12.1 Å². The third-order valence-electron chi connectivity index (χ3n) is 3.18. The number of hydrogen-bond donors (Lipinski definition) is 2. The number of carboxylic acid groups (broad SMARTS) is 1. The summed E-state index contributed by atoms with van der Waals surface area (Å²) >= 11 is 0. The summed E-state index contributed by atoms with van der Waals surface area (Å²) in [5.74, 6) is -4.41. The van der Waals surface area contributed by atoms with Crippen LogP contribution in [0, 0.1) is 11.6 Å². The maximum atomic E-state index is 13.5. The summed E-state index contributed by atoms with van der Waals surface area (Å²) in [6.45, 7) is -0.689. The Bertz CT molecular complexity index is 586. The normalized spacial score (nSPS) is 18.3. The van der Waals surface area contributed by atoms with Crippen molar-refractivity contribution in [2.45, 2.75) is 12.5 Å². The summed E-state index contributed by atoms with van der Waals surface area (Å²) in [5.41, 5.74) is -0.447. The number of carboxylic acids is 1. The van der Waals surface area contributed by atoms with Gasteiger partial charge in [0.25, 0.3) is 0 Å². The molecular formula is C13H12F2N2O4. The highest BCUT2D eigenvalue weighted by Crippen LogP contribution is 2.15. The summed E-state index contributed by atoms with van der Waals surface area (Å²) in [4.78, 5) is 35.2. The first-order chi connectivity index (χ1) is 9.90. The molecular weight excluding hydrogens is 286 g/mol. The number of benzene rings is 1. The van der Waals surface area contributed by atoms with Crippen LogP contribution in [0.5, 0.6) is 0 Å². The van der Waals surface area contributed by atoms with Crippen LogP contribution in [0.15, 0.2) is 18.2 Å². The van der Waals surface area contributed by atoms with E-state index < -0.39 is 54.0 Å². The fourth-order valence-electron chi connectivity index (χ4n) is 2.08. The molecule has 1 aromatic rings. The minimum Gasteiger partial charge on any atom is -0.480 e. The Labute approximate surface area is 118 Å². The van der Waals surface area contributed by atoms with Crippen LogP contribution < -0.4 is 5.32 Å².